The topological polar surface area (TPSA) is 64.0 Å². The van der Waals surface area contributed by atoms with Crippen LogP contribution in [0.3, 0.4) is 0 Å². The Balaban J connectivity index is 1.80. The molecule has 2 atom stereocenters. The van der Waals surface area contributed by atoms with Crippen molar-refractivity contribution >= 4 is 28.6 Å². The van der Waals surface area contributed by atoms with Gasteiger partial charge in [0.05, 0.1) is 10.9 Å². The fourth-order valence-corrected chi connectivity index (χ4v) is 4.50. The average Bonchev–Trinajstić information content (AvgIpc) is 3.56. The van der Waals surface area contributed by atoms with Crippen molar-refractivity contribution in [2.45, 2.75) is 55.6 Å². The van der Waals surface area contributed by atoms with Crippen LogP contribution in [0.5, 0.6) is 0 Å². The van der Waals surface area contributed by atoms with Crippen LogP contribution in [0, 0.1) is 0 Å². The van der Waals surface area contributed by atoms with E-state index in [1.165, 1.54) is 11.8 Å². The predicted molar refractivity (Wildman–Crippen MR) is 117 cm³/mol. The highest BCUT2D eigenvalue weighted by atomic mass is 32.2. The zero-order chi connectivity index (χ0) is 20.4. The molecule has 0 bridgehead atoms. The quantitative estimate of drug-likeness (QED) is 0.463. The minimum absolute atomic E-state index is 0.00924. The number of nitrogens with zero attached hydrogens (tertiary/aromatic N) is 2. The third kappa shape index (κ3) is 4.22. The number of carbonyl (C=O) groups is 1. The standard InChI is InChI=1S/C23H25N3O2S/c1-3-15(2)26-22(28)18-11-7-8-12-19(18)25-23(26)29-20(16-9-5-4-6-10-16)21(27)24-17-13-14-17/h4-12,15,17,20H,3,13-14H2,1-2H3,(H,24,27)/t15-,20+/m0/s1. The molecule has 29 heavy (non-hydrogen) atoms. The zero-order valence-corrected chi connectivity index (χ0v) is 17.5. The SMILES string of the molecule is CC[C@H](C)n1c(S[C@@H](C(=O)NC2CC2)c2ccccc2)nc2ccccc2c1=O. The van der Waals surface area contributed by atoms with Crippen molar-refractivity contribution in [2.75, 3.05) is 0 Å². The Kier molecular flexibility index (Phi) is 5.72. The van der Waals surface area contributed by atoms with Crippen LogP contribution in [0.2, 0.25) is 0 Å². The highest BCUT2D eigenvalue weighted by Gasteiger charge is 2.30. The summed E-state index contributed by atoms with van der Waals surface area (Å²) in [6.45, 7) is 4.07. The van der Waals surface area contributed by atoms with E-state index in [0.717, 1.165) is 24.8 Å². The molecule has 2 aromatic carbocycles. The lowest BCUT2D eigenvalue weighted by Crippen LogP contribution is -2.31. The summed E-state index contributed by atoms with van der Waals surface area (Å²) >= 11 is 1.36. The second-order valence-electron chi connectivity index (χ2n) is 7.54. The van der Waals surface area contributed by atoms with Crippen molar-refractivity contribution in [1.29, 1.82) is 0 Å². The smallest absolute Gasteiger partial charge is 0.262 e. The molecule has 0 spiro atoms. The summed E-state index contributed by atoms with van der Waals surface area (Å²) in [6, 6.07) is 17.4. The number of thioether (sulfide) groups is 1. The lowest BCUT2D eigenvalue weighted by molar-refractivity contribution is -0.120. The van der Waals surface area contributed by atoms with E-state index in [-0.39, 0.29) is 23.6 Å². The van der Waals surface area contributed by atoms with Crippen molar-refractivity contribution in [3.05, 3.63) is 70.5 Å². The van der Waals surface area contributed by atoms with Crippen molar-refractivity contribution < 1.29 is 4.79 Å². The van der Waals surface area contributed by atoms with Crippen LogP contribution in [0.4, 0.5) is 0 Å². The van der Waals surface area contributed by atoms with Gasteiger partial charge in [0.15, 0.2) is 5.16 Å². The maximum Gasteiger partial charge on any atom is 0.262 e. The Bertz CT molecular complexity index is 1080. The third-order valence-electron chi connectivity index (χ3n) is 5.29. The van der Waals surface area contributed by atoms with Crippen LogP contribution in [0.1, 0.15) is 50.0 Å². The van der Waals surface area contributed by atoms with E-state index < -0.39 is 5.25 Å². The predicted octanol–water partition coefficient (Wildman–Crippen LogP) is 4.48. The first kappa shape index (κ1) is 19.7. The molecule has 1 heterocycles. The van der Waals surface area contributed by atoms with E-state index in [9.17, 15) is 9.59 Å². The number of hydrogen-bond acceptors (Lipinski definition) is 4. The van der Waals surface area contributed by atoms with Crippen LogP contribution < -0.4 is 10.9 Å². The van der Waals surface area contributed by atoms with Crippen molar-refractivity contribution in [1.82, 2.24) is 14.9 Å². The highest BCUT2D eigenvalue weighted by Crippen LogP contribution is 2.36. The second kappa shape index (κ2) is 8.41. The van der Waals surface area contributed by atoms with E-state index in [2.05, 4.69) is 12.2 Å². The Morgan fingerprint density at radius 3 is 2.55 bits per heavy atom. The number of para-hydroxylation sites is 1. The van der Waals surface area contributed by atoms with Gasteiger partial charge in [0, 0.05) is 12.1 Å². The van der Waals surface area contributed by atoms with Gasteiger partial charge in [0.2, 0.25) is 5.91 Å². The molecule has 0 unspecified atom stereocenters. The normalized spacial score (nSPS) is 15.8. The molecule has 1 amide bonds. The summed E-state index contributed by atoms with van der Waals surface area (Å²) in [4.78, 5) is 31.1. The number of fused-ring (bicyclic) bond motifs is 1. The van der Waals surface area contributed by atoms with Gasteiger partial charge < -0.3 is 5.32 Å². The highest BCUT2D eigenvalue weighted by molar-refractivity contribution is 8.00. The molecule has 0 radical (unpaired) electrons. The molecule has 1 aliphatic rings. The number of benzene rings is 2. The monoisotopic (exact) mass is 407 g/mol. The van der Waals surface area contributed by atoms with Crippen molar-refractivity contribution in [3.63, 3.8) is 0 Å². The molecule has 1 saturated carbocycles. The Morgan fingerprint density at radius 2 is 1.86 bits per heavy atom. The van der Waals surface area contributed by atoms with Gasteiger partial charge in [-0.15, -0.1) is 0 Å². The van der Waals surface area contributed by atoms with Gasteiger partial charge in [0.1, 0.15) is 5.25 Å². The fourth-order valence-electron chi connectivity index (χ4n) is 3.29. The molecular weight excluding hydrogens is 382 g/mol. The molecule has 1 aliphatic carbocycles. The summed E-state index contributed by atoms with van der Waals surface area (Å²) in [7, 11) is 0. The Morgan fingerprint density at radius 1 is 1.17 bits per heavy atom. The minimum atomic E-state index is -0.458. The molecule has 0 aliphatic heterocycles. The number of hydrogen-bond donors (Lipinski definition) is 1. The Hall–Kier alpha value is -2.60. The molecule has 4 rings (SSSR count). The summed E-state index contributed by atoms with van der Waals surface area (Å²) in [6.07, 6.45) is 2.87. The van der Waals surface area contributed by atoms with Crippen LogP contribution in [-0.4, -0.2) is 21.5 Å². The van der Waals surface area contributed by atoms with E-state index in [4.69, 9.17) is 4.98 Å². The number of rotatable bonds is 7. The van der Waals surface area contributed by atoms with Crippen molar-refractivity contribution in [3.8, 4) is 0 Å². The lowest BCUT2D eigenvalue weighted by Gasteiger charge is -2.22. The van der Waals surface area contributed by atoms with Gasteiger partial charge in [-0.2, -0.15) is 0 Å². The van der Waals surface area contributed by atoms with Crippen molar-refractivity contribution in [2.24, 2.45) is 0 Å². The maximum absolute atomic E-state index is 13.2. The lowest BCUT2D eigenvalue weighted by atomic mass is 10.1. The van der Waals surface area contributed by atoms with Gasteiger partial charge in [-0.1, -0.05) is 61.2 Å². The van der Waals surface area contributed by atoms with Gasteiger partial charge >= 0.3 is 0 Å². The van der Waals surface area contributed by atoms with Gasteiger partial charge in [0.25, 0.3) is 5.56 Å². The van der Waals surface area contributed by atoms with Crippen LogP contribution in [0.15, 0.2) is 64.5 Å². The molecule has 1 fully saturated rings. The van der Waals surface area contributed by atoms with Crippen LogP contribution in [-0.2, 0) is 4.79 Å². The molecule has 6 heteroatoms. The molecule has 1 aromatic heterocycles. The first-order chi connectivity index (χ1) is 14.1. The first-order valence-electron chi connectivity index (χ1n) is 10.1. The largest absolute Gasteiger partial charge is 0.352 e. The van der Waals surface area contributed by atoms with Crippen LogP contribution >= 0.6 is 11.8 Å². The first-order valence-corrected chi connectivity index (χ1v) is 11.0. The van der Waals surface area contributed by atoms with E-state index in [1.54, 1.807) is 4.57 Å². The summed E-state index contributed by atoms with van der Waals surface area (Å²) in [5.74, 6) is -0.0261. The van der Waals surface area contributed by atoms with Crippen LogP contribution in [0.25, 0.3) is 10.9 Å². The van der Waals surface area contributed by atoms with E-state index in [1.807, 2.05) is 61.5 Å². The summed E-state index contributed by atoms with van der Waals surface area (Å²) in [5, 5.41) is 3.85. The number of carbonyl (C=O) groups excluding carboxylic acids is 1. The summed E-state index contributed by atoms with van der Waals surface area (Å²) < 4.78 is 1.74. The Labute approximate surface area is 174 Å². The molecular formula is C23H25N3O2S. The van der Waals surface area contributed by atoms with Gasteiger partial charge in [-0.3, -0.25) is 14.2 Å². The second-order valence-corrected chi connectivity index (χ2v) is 8.61. The molecule has 1 N–H and O–H groups in total. The molecule has 3 aromatic rings. The molecule has 150 valence electrons. The number of nitrogens with one attached hydrogen (secondary N) is 1. The minimum Gasteiger partial charge on any atom is -0.352 e. The van der Waals surface area contributed by atoms with E-state index in [0.29, 0.717) is 16.1 Å². The number of amides is 1. The van der Waals surface area contributed by atoms with Gasteiger partial charge in [-0.25, -0.2) is 4.98 Å². The van der Waals surface area contributed by atoms with E-state index >= 15 is 0 Å². The molecule has 0 saturated heterocycles. The number of aromatic nitrogens is 2. The average molecular weight is 408 g/mol. The zero-order valence-electron chi connectivity index (χ0n) is 16.7. The maximum atomic E-state index is 13.2. The van der Waals surface area contributed by atoms with Gasteiger partial charge in [-0.05, 0) is 43.9 Å². The summed E-state index contributed by atoms with van der Waals surface area (Å²) in [5.41, 5.74) is 1.52. The third-order valence-corrected chi connectivity index (χ3v) is 6.52. The fraction of sp³-hybridized carbons (Fsp3) is 0.348. The molecule has 5 nitrogen and oxygen atoms in total.